The molecule has 5 heteroatoms. The van der Waals surface area contributed by atoms with Crippen LogP contribution in [0, 0.1) is 11.3 Å². The van der Waals surface area contributed by atoms with Gasteiger partial charge in [-0.3, -0.25) is 0 Å². The summed E-state index contributed by atoms with van der Waals surface area (Å²) in [5, 5.41) is 22.7. The van der Waals surface area contributed by atoms with E-state index in [9.17, 15) is 5.11 Å². The molecule has 1 unspecified atom stereocenters. The summed E-state index contributed by atoms with van der Waals surface area (Å²) in [7, 11) is 0. The first kappa shape index (κ1) is 14.4. The van der Waals surface area contributed by atoms with Crippen LogP contribution in [0.15, 0.2) is 28.7 Å². The third-order valence-electron chi connectivity index (χ3n) is 2.88. The maximum absolute atomic E-state index is 9.81. The highest BCUT2D eigenvalue weighted by atomic mass is 16.5. The largest absolute Gasteiger partial charge is 0.485 e. The molecule has 0 radical (unpaired) electrons. The van der Waals surface area contributed by atoms with E-state index in [4.69, 9.17) is 14.4 Å². The molecular weight excluding hydrogens is 256 g/mol. The Hall–Kier alpha value is -2.03. The Bertz CT molecular complexity index is 601. The van der Waals surface area contributed by atoms with Gasteiger partial charge in [-0.2, -0.15) is 5.26 Å². The minimum absolute atomic E-state index is 0.120. The number of nitrogens with zero attached hydrogens (tertiary/aromatic N) is 1. The Morgan fingerprint density at radius 2 is 2.25 bits per heavy atom. The zero-order chi connectivity index (χ0) is 14.4. The first-order valence-corrected chi connectivity index (χ1v) is 6.69. The molecule has 1 heterocycles. The van der Waals surface area contributed by atoms with Crippen LogP contribution in [0.4, 0.5) is 0 Å². The molecule has 1 atom stereocenters. The van der Waals surface area contributed by atoms with Gasteiger partial charge in [0.25, 0.3) is 0 Å². The quantitative estimate of drug-likeness (QED) is 0.755. The molecule has 2 rings (SSSR count). The molecular formula is C15H18N2O3. The van der Waals surface area contributed by atoms with Crippen LogP contribution in [-0.2, 0) is 0 Å². The molecule has 2 N–H and O–H groups in total. The molecule has 0 saturated carbocycles. The molecule has 0 aliphatic heterocycles. The smallest absolute Gasteiger partial charge is 0.246 e. The Labute approximate surface area is 117 Å². The van der Waals surface area contributed by atoms with Crippen LogP contribution in [0.3, 0.4) is 0 Å². The van der Waals surface area contributed by atoms with Gasteiger partial charge in [0.2, 0.25) is 5.76 Å². The van der Waals surface area contributed by atoms with Crippen molar-refractivity contribution < 1.29 is 14.3 Å². The first-order chi connectivity index (χ1) is 9.76. The number of nitrogens with one attached hydrogen (secondary N) is 1. The third-order valence-corrected chi connectivity index (χ3v) is 2.88. The average molecular weight is 274 g/mol. The van der Waals surface area contributed by atoms with E-state index >= 15 is 0 Å². The van der Waals surface area contributed by atoms with E-state index < -0.39 is 6.10 Å². The number of fused-ring (bicyclic) bond motifs is 1. The highest BCUT2D eigenvalue weighted by Gasteiger charge is 2.16. The second-order valence-corrected chi connectivity index (χ2v) is 4.54. The van der Waals surface area contributed by atoms with Gasteiger partial charge in [-0.05, 0) is 25.1 Å². The summed E-state index contributed by atoms with van der Waals surface area (Å²) in [6.45, 7) is 3.50. The number of furan rings is 1. The molecule has 106 valence electrons. The average Bonchev–Trinajstić information content (AvgIpc) is 2.83. The lowest BCUT2D eigenvalue weighted by Crippen LogP contribution is -2.31. The van der Waals surface area contributed by atoms with E-state index in [-0.39, 0.29) is 12.4 Å². The molecule has 0 amide bonds. The molecule has 5 nitrogen and oxygen atoms in total. The first-order valence-electron chi connectivity index (χ1n) is 6.69. The van der Waals surface area contributed by atoms with Gasteiger partial charge in [0.1, 0.15) is 24.4 Å². The molecule has 0 aliphatic carbocycles. The van der Waals surface area contributed by atoms with E-state index in [1.54, 1.807) is 6.07 Å². The third kappa shape index (κ3) is 3.29. The van der Waals surface area contributed by atoms with Crippen molar-refractivity contribution in [2.45, 2.75) is 19.4 Å². The number of aliphatic hydroxyl groups excluding tert-OH is 1. The van der Waals surface area contributed by atoms with Crippen molar-refractivity contribution in [3.05, 3.63) is 30.0 Å². The zero-order valence-electron chi connectivity index (χ0n) is 11.4. The van der Waals surface area contributed by atoms with Gasteiger partial charge in [-0.1, -0.05) is 19.1 Å². The molecule has 0 aliphatic rings. The van der Waals surface area contributed by atoms with Crippen LogP contribution >= 0.6 is 0 Å². The Morgan fingerprint density at radius 1 is 1.45 bits per heavy atom. The number of hydrogen-bond donors (Lipinski definition) is 2. The lowest BCUT2D eigenvalue weighted by Gasteiger charge is -2.12. The number of rotatable bonds is 7. The number of ether oxygens (including phenoxy) is 1. The van der Waals surface area contributed by atoms with E-state index in [0.717, 1.165) is 18.4 Å². The summed E-state index contributed by atoms with van der Waals surface area (Å²) in [6.07, 6.45) is 0.389. The van der Waals surface area contributed by atoms with Gasteiger partial charge < -0.3 is 19.6 Å². The molecule has 1 aromatic carbocycles. The minimum atomic E-state index is -0.623. The Kier molecular flexibility index (Phi) is 4.99. The Balaban J connectivity index is 2.04. The van der Waals surface area contributed by atoms with Crippen molar-refractivity contribution in [2.24, 2.45) is 0 Å². The number of benzene rings is 1. The second-order valence-electron chi connectivity index (χ2n) is 4.54. The SMILES string of the molecule is CCCNCC(O)COc1c(C#N)oc2ccccc12. The van der Waals surface area contributed by atoms with Crippen LogP contribution in [-0.4, -0.2) is 30.9 Å². The van der Waals surface area contributed by atoms with Gasteiger partial charge in [0.15, 0.2) is 5.75 Å². The summed E-state index contributed by atoms with van der Waals surface area (Å²) in [4.78, 5) is 0. The molecule has 2 aromatic rings. The zero-order valence-corrected chi connectivity index (χ0v) is 11.4. The van der Waals surface area contributed by atoms with Gasteiger partial charge >= 0.3 is 0 Å². The topological polar surface area (TPSA) is 78.4 Å². The number of aliphatic hydroxyl groups is 1. The van der Waals surface area contributed by atoms with Crippen molar-refractivity contribution in [3.8, 4) is 11.8 Å². The van der Waals surface area contributed by atoms with Crippen molar-refractivity contribution in [1.29, 1.82) is 5.26 Å². The molecule has 0 saturated heterocycles. The number of hydrogen-bond acceptors (Lipinski definition) is 5. The second kappa shape index (κ2) is 6.94. The van der Waals surface area contributed by atoms with E-state index in [1.807, 2.05) is 24.3 Å². The fourth-order valence-corrected chi connectivity index (χ4v) is 1.92. The summed E-state index contributed by atoms with van der Waals surface area (Å²) in [6, 6.07) is 9.27. The summed E-state index contributed by atoms with van der Waals surface area (Å²) in [5.41, 5.74) is 0.609. The monoisotopic (exact) mass is 274 g/mol. The van der Waals surface area contributed by atoms with Gasteiger partial charge in [-0.25, -0.2) is 0 Å². The van der Waals surface area contributed by atoms with Gasteiger partial charge in [0.05, 0.1) is 5.39 Å². The van der Waals surface area contributed by atoms with Crippen LogP contribution in [0.25, 0.3) is 11.0 Å². The van der Waals surface area contributed by atoms with Crippen LogP contribution in [0.5, 0.6) is 5.75 Å². The van der Waals surface area contributed by atoms with Crippen LogP contribution in [0.1, 0.15) is 19.1 Å². The minimum Gasteiger partial charge on any atom is -0.485 e. The van der Waals surface area contributed by atoms with E-state index in [0.29, 0.717) is 17.9 Å². The standard InChI is InChI=1S/C15H18N2O3/c1-2-7-17-9-11(18)10-19-15-12-5-3-4-6-13(12)20-14(15)8-16/h3-6,11,17-18H,2,7,9-10H2,1H3. The summed E-state index contributed by atoms with van der Waals surface area (Å²) in [5.74, 6) is 0.539. The highest BCUT2D eigenvalue weighted by Crippen LogP contribution is 2.32. The molecule has 0 fully saturated rings. The normalized spacial score (nSPS) is 12.2. The van der Waals surface area contributed by atoms with Crippen molar-refractivity contribution in [2.75, 3.05) is 19.7 Å². The molecule has 0 spiro atoms. The fourth-order valence-electron chi connectivity index (χ4n) is 1.92. The van der Waals surface area contributed by atoms with Crippen LogP contribution in [0.2, 0.25) is 0 Å². The maximum atomic E-state index is 9.81. The van der Waals surface area contributed by atoms with E-state index in [1.165, 1.54) is 0 Å². The Morgan fingerprint density at radius 3 is 3.00 bits per heavy atom. The predicted molar refractivity (Wildman–Crippen MR) is 75.6 cm³/mol. The molecule has 1 aromatic heterocycles. The van der Waals surface area contributed by atoms with Crippen molar-refractivity contribution >= 4 is 11.0 Å². The number of nitriles is 1. The number of para-hydroxylation sites is 1. The molecule has 0 bridgehead atoms. The summed E-state index contributed by atoms with van der Waals surface area (Å²) < 4.78 is 11.0. The van der Waals surface area contributed by atoms with Gasteiger partial charge in [0, 0.05) is 6.54 Å². The van der Waals surface area contributed by atoms with Crippen LogP contribution < -0.4 is 10.1 Å². The summed E-state index contributed by atoms with van der Waals surface area (Å²) >= 11 is 0. The lowest BCUT2D eigenvalue weighted by atomic mass is 10.2. The predicted octanol–water partition coefficient (Wildman–Crippen LogP) is 2.04. The molecule has 20 heavy (non-hydrogen) atoms. The van der Waals surface area contributed by atoms with Gasteiger partial charge in [-0.15, -0.1) is 0 Å². The van der Waals surface area contributed by atoms with Crippen molar-refractivity contribution in [3.63, 3.8) is 0 Å². The van der Waals surface area contributed by atoms with Crippen molar-refractivity contribution in [1.82, 2.24) is 5.32 Å². The maximum Gasteiger partial charge on any atom is 0.246 e. The highest BCUT2D eigenvalue weighted by molar-refractivity contribution is 5.86. The lowest BCUT2D eigenvalue weighted by molar-refractivity contribution is 0.106. The van der Waals surface area contributed by atoms with E-state index in [2.05, 4.69) is 12.2 Å². The fraction of sp³-hybridized carbons (Fsp3) is 0.400.